The van der Waals surface area contributed by atoms with Crippen LogP contribution in [0, 0.1) is 5.92 Å². The molecule has 0 N–H and O–H groups in total. The number of rotatable bonds is 2. The molecule has 1 aliphatic carbocycles. The molecule has 1 heterocycles. The van der Waals surface area contributed by atoms with Crippen molar-refractivity contribution in [3.8, 4) is 0 Å². The van der Waals surface area contributed by atoms with Crippen molar-refractivity contribution in [3.05, 3.63) is 12.7 Å². The number of fused-ring (bicyclic) bond motifs is 1. The van der Waals surface area contributed by atoms with Crippen molar-refractivity contribution in [2.75, 3.05) is 13.1 Å². The Labute approximate surface area is 99.8 Å². The van der Waals surface area contributed by atoms with Crippen molar-refractivity contribution in [3.63, 3.8) is 0 Å². The number of likely N-dealkylation sites (tertiary alicyclic amines) is 1. The Morgan fingerprint density at radius 2 is 2.40 bits per heavy atom. The SMILES string of the molecule is C=CCN1CCCC2CC(=O)C(Br)CC21. The molecule has 2 fully saturated rings. The number of Topliss-reactive ketones (excluding diaryl/α,β-unsaturated/α-hetero) is 1. The molecule has 0 amide bonds. The molecule has 0 radical (unpaired) electrons. The maximum absolute atomic E-state index is 11.6. The molecular weight excluding hydrogens is 254 g/mol. The van der Waals surface area contributed by atoms with Crippen LogP contribution in [0.1, 0.15) is 25.7 Å². The maximum Gasteiger partial charge on any atom is 0.146 e. The van der Waals surface area contributed by atoms with Gasteiger partial charge in [0.15, 0.2) is 0 Å². The van der Waals surface area contributed by atoms with Gasteiger partial charge in [-0.25, -0.2) is 0 Å². The summed E-state index contributed by atoms with van der Waals surface area (Å²) in [7, 11) is 0. The summed E-state index contributed by atoms with van der Waals surface area (Å²) < 4.78 is 0. The number of carbonyl (C=O) groups is 1. The van der Waals surface area contributed by atoms with E-state index >= 15 is 0 Å². The first-order valence-electron chi connectivity index (χ1n) is 5.74. The topological polar surface area (TPSA) is 20.3 Å². The predicted molar refractivity (Wildman–Crippen MR) is 65.2 cm³/mol. The monoisotopic (exact) mass is 271 g/mol. The van der Waals surface area contributed by atoms with E-state index in [4.69, 9.17) is 0 Å². The molecule has 3 atom stereocenters. The molecule has 0 bridgehead atoms. The zero-order valence-corrected chi connectivity index (χ0v) is 10.6. The number of piperidine rings is 1. The fraction of sp³-hybridized carbons (Fsp3) is 0.750. The first-order chi connectivity index (χ1) is 7.22. The van der Waals surface area contributed by atoms with E-state index in [1.54, 1.807) is 0 Å². The fourth-order valence-electron chi connectivity index (χ4n) is 2.91. The molecule has 1 saturated heterocycles. The summed E-state index contributed by atoms with van der Waals surface area (Å²) in [6, 6.07) is 0.596. The second kappa shape index (κ2) is 4.79. The molecule has 2 aliphatic rings. The first-order valence-corrected chi connectivity index (χ1v) is 6.65. The molecule has 3 unspecified atom stereocenters. The molecule has 15 heavy (non-hydrogen) atoms. The first kappa shape index (κ1) is 11.3. The van der Waals surface area contributed by atoms with Crippen LogP contribution in [0.3, 0.4) is 0 Å². The highest BCUT2D eigenvalue weighted by Gasteiger charge is 2.39. The van der Waals surface area contributed by atoms with Gasteiger partial charge in [-0.15, -0.1) is 6.58 Å². The smallest absolute Gasteiger partial charge is 0.146 e. The van der Waals surface area contributed by atoms with E-state index in [0.717, 1.165) is 19.4 Å². The standard InChI is InChI=1S/C12H18BrNO/c1-2-5-14-6-3-4-9-7-12(15)10(13)8-11(9)14/h2,9-11H,1,3-8H2. The number of hydrogen-bond donors (Lipinski definition) is 0. The predicted octanol–water partition coefficient (Wildman–Crippen LogP) is 2.38. The molecule has 2 nitrogen and oxygen atoms in total. The van der Waals surface area contributed by atoms with Gasteiger partial charge in [0.1, 0.15) is 5.78 Å². The lowest BCUT2D eigenvalue weighted by molar-refractivity contribution is -0.123. The average Bonchev–Trinajstić information content (AvgIpc) is 2.21. The minimum atomic E-state index is 0.0872. The fourth-order valence-corrected chi connectivity index (χ4v) is 3.48. The molecule has 0 aromatic heterocycles. The molecule has 0 spiro atoms. The molecule has 0 aromatic carbocycles. The van der Waals surface area contributed by atoms with Crippen LogP contribution in [-0.2, 0) is 4.79 Å². The van der Waals surface area contributed by atoms with Crippen molar-refractivity contribution < 1.29 is 4.79 Å². The highest BCUT2D eigenvalue weighted by atomic mass is 79.9. The van der Waals surface area contributed by atoms with E-state index in [2.05, 4.69) is 27.4 Å². The summed E-state index contributed by atoms with van der Waals surface area (Å²) in [5.41, 5.74) is 0. The van der Waals surface area contributed by atoms with Crippen molar-refractivity contribution in [2.45, 2.75) is 36.6 Å². The highest BCUT2D eigenvalue weighted by molar-refractivity contribution is 9.10. The summed E-state index contributed by atoms with van der Waals surface area (Å²) in [4.78, 5) is 14.2. The van der Waals surface area contributed by atoms with E-state index < -0.39 is 0 Å². The van der Waals surface area contributed by atoms with Gasteiger partial charge in [-0.3, -0.25) is 9.69 Å². The van der Waals surface area contributed by atoms with Crippen LogP contribution < -0.4 is 0 Å². The Balaban J connectivity index is 2.06. The lowest BCUT2D eigenvalue weighted by Gasteiger charge is -2.44. The van der Waals surface area contributed by atoms with Gasteiger partial charge in [0.2, 0.25) is 0 Å². The third kappa shape index (κ3) is 2.34. The molecule has 84 valence electrons. The van der Waals surface area contributed by atoms with Gasteiger partial charge in [0.25, 0.3) is 0 Å². The summed E-state index contributed by atoms with van der Waals surface area (Å²) in [5, 5.41) is 0. The maximum atomic E-state index is 11.6. The van der Waals surface area contributed by atoms with Crippen LogP contribution in [0.2, 0.25) is 0 Å². The van der Waals surface area contributed by atoms with Gasteiger partial charge in [0.05, 0.1) is 4.83 Å². The van der Waals surface area contributed by atoms with Crippen molar-refractivity contribution in [2.24, 2.45) is 5.92 Å². The Bertz CT molecular complexity index is 260. The van der Waals surface area contributed by atoms with Crippen molar-refractivity contribution >= 4 is 21.7 Å². The number of ketones is 1. The summed E-state index contributed by atoms with van der Waals surface area (Å²) in [6.45, 7) is 5.94. The van der Waals surface area contributed by atoms with E-state index in [1.165, 1.54) is 19.4 Å². The molecule has 1 aliphatic heterocycles. The van der Waals surface area contributed by atoms with Gasteiger partial charge < -0.3 is 0 Å². The minimum absolute atomic E-state index is 0.0872. The minimum Gasteiger partial charge on any atom is -0.298 e. The Hall–Kier alpha value is -0.150. The Morgan fingerprint density at radius 3 is 3.13 bits per heavy atom. The third-order valence-corrected chi connectivity index (χ3v) is 4.54. The molecule has 0 aromatic rings. The van der Waals surface area contributed by atoms with Gasteiger partial charge >= 0.3 is 0 Å². The van der Waals surface area contributed by atoms with Crippen LogP contribution in [0.4, 0.5) is 0 Å². The summed E-state index contributed by atoms with van der Waals surface area (Å²) in [6.07, 6.45) is 6.19. The molecular formula is C12H18BrNO. The Morgan fingerprint density at radius 1 is 1.60 bits per heavy atom. The molecule has 2 rings (SSSR count). The van der Waals surface area contributed by atoms with Gasteiger partial charge in [-0.2, -0.15) is 0 Å². The van der Waals surface area contributed by atoms with E-state index in [9.17, 15) is 4.79 Å². The lowest BCUT2D eigenvalue weighted by atomic mass is 9.77. The van der Waals surface area contributed by atoms with E-state index in [-0.39, 0.29) is 4.83 Å². The van der Waals surface area contributed by atoms with E-state index in [1.807, 2.05) is 6.08 Å². The number of halogens is 1. The van der Waals surface area contributed by atoms with Crippen LogP contribution in [0.25, 0.3) is 0 Å². The normalized spacial score (nSPS) is 37.4. The highest BCUT2D eigenvalue weighted by Crippen LogP contribution is 2.36. The zero-order chi connectivity index (χ0) is 10.8. The summed E-state index contributed by atoms with van der Waals surface area (Å²) >= 11 is 3.49. The van der Waals surface area contributed by atoms with E-state index in [0.29, 0.717) is 17.7 Å². The van der Waals surface area contributed by atoms with Crippen molar-refractivity contribution in [1.82, 2.24) is 4.90 Å². The largest absolute Gasteiger partial charge is 0.298 e. The van der Waals surface area contributed by atoms with Gasteiger partial charge in [-0.05, 0) is 31.7 Å². The third-order valence-electron chi connectivity index (χ3n) is 3.66. The summed E-state index contributed by atoms with van der Waals surface area (Å²) in [5.74, 6) is 0.997. The lowest BCUT2D eigenvalue weighted by Crippen LogP contribution is -2.50. The number of alkyl halides is 1. The Kier molecular flexibility index (Phi) is 3.62. The quantitative estimate of drug-likeness (QED) is 0.568. The van der Waals surface area contributed by atoms with Gasteiger partial charge in [0, 0.05) is 19.0 Å². The van der Waals surface area contributed by atoms with Crippen molar-refractivity contribution in [1.29, 1.82) is 0 Å². The van der Waals surface area contributed by atoms with Gasteiger partial charge in [-0.1, -0.05) is 22.0 Å². The number of hydrogen-bond acceptors (Lipinski definition) is 2. The second-order valence-electron chi connectivity index (χ2n) is 4.63. The number of nitrogens with zero attached hydrogens (tertiary/aromatic N) is 1. The molecule has 3 heteroatoms. The second-order valence-corrected chi connectivity index (χ2v) is 5.73. The average molecular weight is 272 g/mol. The van der Waals surface area contributed by atoms with Crippen LogP contribution >= 0.6 is 15.9 Å². The van der Waals surface area contributed by atoms with Crippen LogP contribution in [0.5, 0.6) is 0 Å². The number of carbonyl (C=O) groups excluding carboxylic acids is 1. The molecule has 1 saturated carbocycles. The van der Waals surface area contributed by atoms with Crippen LogP contribution in [-0.4, -0.2) is 34.6 Å². The van der Waals surface area contributed by atoms with Crippen LogP contribution in [0.15, 0.2) is 12.7 Å². The zero-order valence-electron chi connectivity index (χ0n) is 8.99.